The van der Waals surface area contributed by atoms with Gasteiger partial charge >= 0.3 is 6.18 Å². The van der Waals surface area contributed by atoms with E-state index in [1.54, 1.807) is 19.2 Å². The normalized spacial score (nSPS) is 12.3. The van der Waals surface area contributed by atoms with E-state index in [-0.39, 0.29) is 11.6 Å². The van der Waals surface area contributed by atoms with Crippen molar-refractivity contribution in [2.24, 2.45) is 17.0 Å². The largest absolute Gasteiger partial charge is 0.466 e. The number of nitrogens with one attached hydrogen (secondary N) is 2. The first-order valence-electron chi connectivity index (χ1n) is 12.3. The van der Waals surface area contributed by atoms with Crippen LogP contribution in [0.2, 0.25) is 0 Å². The molecule has 204 valence electrons. The first kappa shape index (κ1) is 28.7. The van der Waals surface area contributed by atoms with Gasteiger partial charge in [0, 0.05) is 63.1 Å². The number of hydrogen-bond donors (Lipinski definition) is 2. The second-order valence-electron chi connectivity index (χ2n) is 8.67. The fourth-order valence-electron chi connectivity index (χ4n) is 3.92. The fourth-order valence-corrected chi connectivity index (χ4v) is 3.92. The van der Waals surface area contributed by atoms with Gasteiger partial charge in [-0.25, -0.2) is 0 Å². The summed E-state index contributed by atoms with van der Waals surface area (Å²) in [5.74, 6) is 0.245. The molecule has 0 unspecified atom stereocenters. The lowest BCUT2D eigenvalue weighted by molar-refractivity contribution is -0.153. The molecule has 0 aliphatic rings. The SMILES string of the molecule is C=N/C(=C\C=Nc1cc(NC)c(N(C)CCNCCC)nc1OCC(F)(F)F)c1cn(C)c2ccccc12. The quantitative estimate of drug-likeness (QED) is 0.228. The number of benzene rings is 1. The second kappa shape index (κ2) is 13.1. The second-order valence-corrected chi connectivity index (χ2v) is 8.67. The first-order valence-corrected chi connectivity index (χ1v) is 12.3. The van der Waals surface area contributed by atoms with E-state index in [4.69, 9.17) is 4.74 Å². The van der Waals surface area contributed by atoms with Crippen LogP contribution in [0.3, 0.4) is 0 Å². The minimum Gasteiger partial charge on any atom is -0.466 e. The molecule has 0 aliphatic carbocycles. The number of pyridine rings is 1. The maximum Gasteiger partial charge on any atom is 0.422 e. The highest BCUT2D eigenvalue weighted by atomic mass is 19.4. The number of aryl methyl sites for hydroxylation is 1. The number of hydrogen-bond acceptors (Lipinski definition) is 7. The van der Waals surface area contributed by atoms with Crippen LogP contribution in [0, 0.1) is 0 Å². The van der Waals surface area contributed by atoms with Crippen LogP contribution in [-0.2, 0) is 7.05 Å². The molecule has 0 bridgehead atoms. The number of halogens is 3. The smallest absolute Gasteiger partial charge is 0.422 e. The maximum atomic E-state index is 13.0. The topological polar surface area (TPSA) is 79.1 Å². The maximum absolute atomic E-state index is 13.0. The van der Waals surface area contributed by atoms with E-state index in [0.717, 1.165) is 29.4 Å². The van der Waals surface area contributed by atoms with Crippen molar-refractivity contribution in [1.82, 2.24) is 14.9 Å². The van der Waals surface area contributed by atoms with Crippen molar-refractivity contribution in [1.29, 1.82) is 0 Å². The number of fused-ring (bicyclic) bond motifs is 1. The molecule has 11 heteroatoms. The summed E-state index contributed by atoms with van der Waals surface area (Å²) in [5, 5.41) is 7.35. The van der Waals surface area contributed by atoms with Gasteiger partial charge in [-0.15, -0.1) is 0 Å². The van der Waals surface area contributed by atoms with Gasteiger partial charge in [0.1, 0.15) is 5.69 Å². The van der Waals surface area contributed by atoms with Crippen molar-refractivity contribution in [3.8, 4) is 5.88 Å². The molecule has 1 aromatic carbocycles. The number of rotatable bonds is 13. The Balaban J connectivity index is 1.96. The Kier molecular flexibility index (Phi) is 9.89. The molecular weight excluding hydrogens is 495 g/mol. The lowest BCUT2D eigenvalue weighted by atomic mass is 10.1. The molecule has 2 N–H and O–H groups in total. The number of alkyl halides is 3. The number of aromatic nitrogens is 2. The minimum atomic E-state index is -4.52. The highest BCUT2D eigenvalue weighted by molar-refractivity contribution is 5.97. The Morgan fingerprint density at radius 3 is 2.71 bits per heavy atom. The van der Waals surface area contributed by atoms with E-state index in [1.165, 1.54) is 6.21 Å². The van der Waals surface area contributed by atoms with Crippen LogP contribution in [0.25, 0.3) is 16.6 Å². The van der Waals surface area contributed by atoms with Gasteiger partial charge in [0.15, 0.2) is 12.4 Å². The third-order valence-corrected chi connectivity index (χ3v) is 5.79. The average Bonchev–Trinajstić information content (AvgIpc) is 3.23. The van der Waals surface area contributed by atoms with Gasteiger partial charge in [-0.2, -0.15) is 18.2 Å². The van der Waals surface area contributed by atoms with E-state index in [0.29, 0.717) is 30.3 Å². The van der Waals surface area contributed by atoms with Crippen molar-refractivity contribution >= 4 is 46.7 Å². The molecule has 0 atom stereocenters. The van der Waals surface area contributed by atoms with Crippen molar-refractivity contribution < 1.29 is 17.9 Å². The van der Waals surface area contributed by atoms with Gasteiger partial charge < -0.3 is 24.8 Å². The van der Waals surface area contributed by atoms with Crippen LogP contribution in [0.5, 0.6) is 5.88 Å². The molecule has 3 aromatic rings. The highest BCUT2D eigenvalue weighted by Gasteiger charge is 2.29. The Labute approximate surface area is 220 Å². The van der Waals surface area contributed by atoms with Crippen LogP contribution >= 0.6 is 0 Å². The number of allylic oxidation sites excluding steroid dienone is 1. The zero-order chi connectivity index (χ0) is 27.7. The van der Waals surface area contributed by atoms with Gasteiger partial charge in [0.05, 0.1) is 11.4 Å². The monoisotopic (exact) mass is 529 g/mol. The summed E-state index contributed by atoms with van der Waals surface area (Å²) in [5.41, 5.74) is 3.22. The van der Waals surface area contributed by atoms with Crippen LogP contribution in [0.1, 0.15) is 18.9 Å². The molecule has 0 saturated heterocycles. The summed E-state index contributed by atoms with van der Waals surface area (Å²) < 4.78 is 46.0. The molecule has 3 rings (SSSR count). The number of para-hydroxylation sites is 1. The van der Waals surface area contributed by atoms with Crippen molar-refractivity contribution in [3.05, 3.63) is 48.2 Å². The summed E-state index contributed by atoms with van der Waals surface area (Å²) in [4.78, 5) is 14.8. The van der Waals surface area contributed by atoms with Crippen LogP contribution < -0.4 is 20.3 Å². The molecule has 0 fully saturated rings. The molecule has 8 nitrogen and oxygen atoms in total. The predicted octanol–water partition coefficient (Wildman–Crippen LogP) is 5.44. The standard InChI is InChI=1S/C27H34F3N7O/c1-6-12-33-14-15-36(4)25-22(32-3)16-23(26(35-25)38-18-27(28,29)30)34-13-11-21(31-2)20-17-37(5)24-10-8-7-9-19(20)24/h7-11,13,16-17,32-33H,2,6,12,14-15,18H2,1,3-5H3/b21-11-,34-13?. The molecular formula is C27H34F3N7O. The molecule has 0 amide bonds. The van der Waals surface area contributed by atoms with E-state index >= 15 is 0 Å². The third kappa shape index (κ3) is 7.34. The molecule has 2 heterocycles. The Hall–Kier alpha value is -3.86. The van der Waals surface area contributed by atoms with E-state index in [9.17, 15) is 13.2 Å². The lowest BCUT2D eigenvalue weighted by Gasteiger charge is -2.23. The van der Waals surface area contributed by atoms with Gasteiger partial charge in [-0.05, 0) is 37.9 Å². The Morgan fingerprint density at radius 2 is 2.03 bits per heavy atom. The number of anilines is 2. The van der Waals surface area contributed by atoms with Crippen LogP contribution in [0.4, 0.5) is 30.4 Å². The van der Waals surface area contributed by atoms with Gasteiger partial charge in [0.2, 0.25) is 5.88 Å². The number of ether oxygens (including phenoxy) is 1. The van der Waals surface area contributed by atoms with Crippen molar-refractivity contribution in [3.63, 3.8) is 0 Å². The van der Waals surface area contributed by atoms with Crippen molar-refractivity contribution in [2.75, 3.05) is 50.6 Å². The Bertz CT molecular complexity index is 1300. The molecule has 38 heavy (non-hydrogen) atoms. The van der Waals surface area contributed by atoms with Gasteiger partial charge in [-0.1, -0.05) is 25.1 Å². The zero-order valence-electron chi connectivity index (χ0n) is 22.1. The van der Waals surface area contributed by atoms with E-state index in [1.807, 2.05) is 54.0 Å². The molecule has 0 aliphatic heterocycles. The van der Waals surface area contributed by atoms with Crippen molar-refractivity contribution in [2.45, 2.75) is 19.5 Å². The fraction of sp³-hybridized carbons (Fsp3) is 0.370. The lowest BCUT2D eigenvalue weighted by Crippen LogP contribution is -2.30. The predicted molar refractivity (Wildman–Crippen MR) is 150 cm³/mol. The third-order valence-electron chi connectivity index (χ3n) is 5.79. The number of nitrogens with zero attached hydrogens (tertiary/aromatic N) is 5. The molecule has 0 radical (unpaired) electrons. The summed E-state index contributed by atoms with van der Waals surface area (Å²) in [6.07, 6.45) is 1.54. The summed E-state index contributed by atoms with van der Waals surface area (Å²) in [6, 6.07) is 9.50. The summed E-state index contributed by atoms with van der Waals surface area (Å²) in [7, 11) is 5.48. The zero-order valence-corrected chi connectivity index (χ0v) is 22.1. The Morgan fingerprint density at radius 1 is 1.26 bits per heavy atom. The van der Waals surface area contributed by atoms with Crippen LogP contribution in [0.15, 0.2) is 52.6 Å². The summed E-state index contributed by atoms with van der Waals surface area (Å²) >= 11 is 0. The average molecular weight is 530 g/mol. The highest BCUT2D eigenvalue weighted by Crippen LogP contribution is 2.36. The molecule has 0 spiro atoms. The van der Waals surface area contributed by atoms with E-state index < -0.39 is 12.8 Å². The minimum absolute atomic E-state index is 0.150. The van der Waals surface area contributed by atoms with Gasteiger partial charge in [-0.3, -0.25) is 9.98 Å². The molecule has 2 aromatic heterocycles. The first-order chi connectivity index (χ1) is 18.2. The number of likely N-dealkylation sites (N-methyl/N-ethyl adjacent to an activating group) is 1. The van der Waals surface area contributed by atoms with Crippen LogP contribution in [-0.4, -0.2) is 69.0 Å². The summed E-state index contributed by atoms with van der Waals surface area (Å²) in [6.45, 7) is 6.45. The van der Waals surface area contributed by atoms with Gasteiger partial charge in [0.25, 0.3) is 0 Å². The molecule has 0 saturated carbocycles. The number of aliphatic imine (C=N–C) groups is 2. The van der Waals surface area contributed by atoms with E-state index in [2.05, 4.69) is 39.2 Å².